The Balaban J connectivity index is 1.26. The molecule has 1 atom stereocenters. The highest BCUT2D eigenvalue weighted by Crippen LogP contribution is 2.32. The topological polar surface area (TPSA) is 146 Å². The van der Waals surface area contributed by atoms with Crippen LogP contribution in [0, 0.1) is 12.8 Å². The van der Waals surface area contributed by atoms with Crippen molar-refractivity contribution >= 4 is 27.9 Å². The van der Waals surface area contributed by atoms with Crippen molar-refractivity contribution in [3.63, 3.8) is 0 Å². The first kappa shape index (κ1) is 21.6. The van der Waals surface area contributed by atoms with E-state index in [0.29, 0.717) is 23.0 Å². The van der Waals surface area contributed by atoms with Crippen LogP contribution >= 0.6 is 0 Å². The Morgan fingerprint density at radius 3 is 2.78 bits per heavy atom. The summed E-state index contributed by atoms with van der Waals surface area (Å²) in [5, 5.41) is 21.9. The number of aliphatic hydroxyl groups excluding tert-OH is 1. The van der Waals surface area contributed by atoms with Gasteiger partial charge in [0.1, 0.15) is 17.4 Å². The standard InChI is InChI=1S/C26H24N10O/c1-14-12-36(13-30-14)20-5-6-28-24-22(20)32-25(33-24)21-19-8-17(10-29-23(19)35-34-21)16-7-18(11-27-9-16)31-26(37)15-3-2-4-15/h5-13,15,26,31,37H,2-4H2,1H3,(H,28,32,33)(H,29,34,35). The minimum absolute atomic E-state index is 0.298. The van der Waals surface area contributed by atoms with Crippen LogP contribution < -0.4 is 5.32 Å². The highest BCUT2D eigenvalue weighted by atomic mass is 16.3. The van der Waals surface area contributed by atoms with E-state index in [9.17, 15) is 5.11 Å². The maximum Gasteiger partial charge on any atom is 0.181 e. The molecule has 1 unspecified atom stereocenters. The lowest BCUT2D eigenvalue weighted by Crippen LogP contribution is -2.33. The summed E-state index contributed by atoms with van der Waals surface area (Å²) in [7, 11) is 0. The first-order valence-corrected chi connectivity index (χ1v) is 12.2. The maximum absolute atomic E-state index is 10.4. The Kier molecular flexibility index (Phi) is 4.96. The van der Waals surface area contributed by atoms with E-state index >= 15 is 0 Å². The van der Waals surface area contributed by atoms with Crippen molar-refractivity contribution in [2.75, 3.05) is 5.32 Å². The summed E-state index contributed by atoms with van der Waals surface area (Å²) in [6.07, 6.45) is 13.5. The molecular weight excluding hydrogens is 468 g/mol. The van der Waals surface area contributed by atoms with E-state index in [2.05, 4.69) is 40.4 Å². The summed E-state index contributed by atoms with van der Waals surface area (Å²) in [4.78, 5) is 25.8. The van der Waals surface area contributed by atoms with E-state index in [0.717, 1.165) is 57.6 Å². The maximum atomic E-state index is 10.4. The number of aliphatic hydroxyl groups is 1. The number of aromatic amines is 2. The molecule has 1 fully saturated rings. The van der Waals surface area contributed by atoms with E-state index in [1.54, 1.807) is 31.1 Å². The number of hydrogen-bond donors (Lipinski definition) is 4. The monoisotopic (exact) mass is 492 g/mol. The average molecular weight is 493 g/mol. The van der Waals surface area contributed by atoms with E-state index < -0.39 is 6.23 Å². The molecule has 0 radical (unpaired) electrons. The van der Waals surface area contributed by atoms with Gasteiger partial charge in [0.25, 0.3) is 0 Å². The summed E-state index contributed by atoms with van der Waals surface area (Å²) < 4.78 is 1.95. The largest absolute Gasteiger partial charge is 0.374 e. The van der Waals surface area contributed by atoms with Crippen LogP contribution in [0.4, 0.5) is 5.69 Å². The van der Waals surface area contributed by atoms with Crippen LogP contribution in [-0.2, 0) is 0 Å². The number of fused-ring (bicyclic) bond motifs is 2. The lowest BCUT2D eigenvalue weighted by Gasteiger charge is -2.31. The van der Waals surface area contributed by atoms with Gasteiger partial charge in [-0.2, -0.15) is 5.10 Å². The Labute approximate surface area is 211 Å². The zero-order valence-corrected chi connectivity index (χ0v) is 20.0. The van der Waals surface area contributed by atoms with Gasteiger partial charge in [0.15, 0.2) is 17.1 Å². The number of aromatic nitrogens is 9. The molecule has 1 saturated carbocycles. The van der Waals surface area contributed by atoms with Gasteiger partial charge in [0, 0.05) is 41.8 Å². The first-order chi connectivity index (χ1) is 18.1. The molecule has 0 spiro atoms. The van der Waals surface area contributed by atoms with Crippen molar-refractivity contribution < 1.29 is 5.11 Å². The number of pyridine rings is 3. The highest BCUT2D eigenvalue weighted by Gasteiger charge is 2.25. The van der Waals surface area contributed by atoms with E-state index in [1.165, 1.54) is 6.42 Å². The smallest absolute Gasteiger partial charge is 0.181 e. The fourth-order valence-electron chi connectivity index (χ4n) is 4.74. The number of nitrogens with zero attached hydrogens (tertiary/aromatic N) is 7. The second-order valence-electron chi connectivity index (χ2n) is 9.47. The van der Waals surface area contributed by atoms with E-state index in [-0.39, 0.29) is 0 Å². The Bertz CT molecular complexity index is 1750. The third-order valence-electron chi connectivity index (χ3n) is 6.99. The van der Waals surface area contributed by atoms with Gasteiger partial charge in [-0.25, -0.2) is 19.9 Å². The zero-order valence-electron chi connectivity index (χ0n) is 20.0. The first-order valence-electron chi connectivity index (χ1n) is 12.2. The number of hydrogen-bond acceptors (Lipinski definition) is 8. The van der Waals surface area contributed by atoms with Gasteiger partial charge in [-0.15, -0.1) is 0 Å². The van der Waals surface area contributed by atoms with Gasteiger partial charge in [0.05, 0.1) is 35.0 Å². The highest BCUT2D eigenvalue weighted by molar-refractivity contribution is 5.94. The summed E-state index contributed by atoms with van der Waals surface area (Å²) in [5.74, 6) is 0.914. The number of H-pyrrole nitrogens is 2. The zero-order chi connectivity index (χ0) is 24.9. The van der Waals surface area contributed by atoms with Crippen LogP contribution in [0.25, 0.3) is 50.5 Å². The van der Waals surface area contributed by atoms with Crippen molar-refractivity contribution in [1.82, 2.24) is 44.7 Å². The predicted octanol–water partition coefficient (Wildman–Crippen LogP) is 3.98. The summed E-state index contributed by atoms with van der Waals surface area (Å²) >= 11 is 0. The molecule has 6 aromatic rings. The lowest BCUT2D eigenvalue weighted by atomic mass is 9.84. The molecule has 0 amide bonds. The number of nitrogens with one attached hydrogen (secondary N) is 3. The molecule has 184 valence electrons. The molecule has 6 aromatic heterocycles. The van der Waals surface area contributed by atoms with Gasteiger partial charge in [0.2, 0.25) is 0 Å². The molecule has 1 aliphatic carbocycles. The number of imidazole rings is 2. The molecule has 37 heavy (non-hydrogen) atoms. The van der Waals surface area contributed by atoms with Crippen molar-refractivity contribution in [3.8, 4) is 28.3 Å². The van der Waals surface area contributed by atoms with Gasteiger partial charge in [-0.1, -0.05) is 6.42 Å². The van der Waals surface area contributed by atoms with Gasteiger partial charge >= 0.3 is 0 Å². The van der Waals surface area contributed by atoms with E-state index in [4.69, 9.17) is 4.98 Å². The Hall–Kier alpha value is -4.64. The number of rotatable bonds is 6. The van der Waals surface area contributed by atoms with Crippen molar-refractivity contribution in [2.45, 2.75) is 32.4 Å². The van der Waals surface area contributed by atoms with Gasteiger partial charge in [-0.3, -0.25) is 10.1 Å². The quantitative estimate of drug-likeness (QED) is 0.255. The second-order valence-corrected chi connectivity index (χ2v) is 9.47. The number of anilines is 1. The molecule has 0 saturated heterocycles. The van der Waals surface area contributed by atoms with Crippen molar-refractivity contribution in [2.24, 2.45) is 5.92 Å². The second kappa shape index (κ2) is 8.49. The van der Waals surface area contributed by atoms with Crippen LogP contribution in [0.15, 0.2) is 55.5 Å². The molecule has 4 N–H and O–H groups in total. The third-order valence-corrected chi connectivity index (χ3v) is 6.99. The molecule has 0 bridgehead atoms. The molecule has 0 aromatic carbocycles. The molecule has 1 aliphatic rings. The van der Waals surface area contributed by atoms with Crippen LogP contribution in [-0.4, -0.2) is 56.0 Å². The molecule has 6 heterocycles. The summed E-state index contributed by atoms with van der Waals surface area (Å²) in [6, 6.07) is 5.92. The third kappa shape index (κ3) is 3.80. The Morgan fingerprint density at radius 2 is 1.97 bits per heavy atom. The predicted molar refractivity (Wildman–Crippen MR) is 139 cm³/mol. The van der Waals surface area contributed by atoms with Crippen LogP contribution in [0.3, 0.4) is 0 Å². The molecule has 7 rings (SSSR count). The van der Waals surface area contributed by atoms with Crippen molar-refractivity contribution in [3.05, 3.63) is 61.2 Å². The minimum Gasteiger partial charge on any atom is -0.374 e. The SMILES string of the molecule is Cc1cn(-c2ccnc3nc(-c4[nH]nc5ncc(-c6cncc(NC(O)C7CCC7)c6)cc45)[nH]c23)cn1. The van der Waals surface area contributed by atoms with Crippen LogP contribution in [0.5, 0.6) is 0 Å². The molecular formula is C26H24N10O. The average Bonchev–Trinajstić information content (AvgIpc) is 3.60. The fourth-order valence-corrected chi connectivity index (χ4v) is 4.74. The molecule has 11 nitrogen and oxygen atoms in total. The molecule has 11 heteroatoms. The van der Waals surface area contributed by atoms with E-state index in [1.807, 2.05) is 35.9 Å². The minimum atomic E-state index is -0.565. The van der Waals surface area contributed by atoms with Gasteiger partial charge < -0.3 is 20.0 Å². The summed E-state index contributed by atoms with van der Waals surface area (Å²) in [5.41, 5.74) is 7.08. The van der Waals surface area contributed by atoms with Crippen LogP contribution in [0.2, 0.25) is 0 Å². The lowest BCUT2D eigenvalue weighted by molar-refractivity contribution is 0.0851. The molecule has 0 aliphatic heterocycles. The Morgan fingerprint density at radius 1 is 1.08 bits per heavy atom. The van der Waals surface area contributed by atoms with Crippen LogP contribution in [0.1, 0.15) is 25.0 Å². The van der Waals surface area contributed by atoms with Crippen molar-refractivity contribution in [1.29, 1.82) is 0 Å². The number of aryl methyl sites for hydroxylation is 1. The van der Waals surface area contributed by atoms with Gasteiger partial charge in [-0.05, 0) is 38.0 Å². The fraction of sp³-hybridized carbons (Fsp3) is 0.231. The normalized spacial score (nSPS) is 14.8. The summed E-state index contributed by atoms with van der Waals surface area (Å²) in [6.45, 7) is 1.95.